The van der Waals surface area contributed by atoms with Crippen LogP contribution in [0, 0.1) is 5.82 Å². The Morgan fingerprint density at radius 2 is 1.75 bits per heavy atom. The molecule has 1 aliphatic rings. The molecule has 2 aromatic carbocycles. The highest BCUT2D eigenvalue weighted by Crippen LogP contribution is 2.32. The van der Waals surface area contributed by atoms with Crippen LogP contribution in [0.1, 0.15) is 65.4 Å². The molecule has 0 spiro atoms. The number of benzene rings is 2. The maximum absolute atomic E-state index is 14.9. The molecule has 0 saturated heterocycles. The van der Waals surface area contributed by atoms with E-state index in [9.17, 15) is 14.3 Å². The number of halogens is 1. The second-order valence-electron chi connectivity index (χ2n) is 6.49. The standard InChI is InChI=1S/C20H21FO3/c1-11-10-16-8-9-17(19(21)18(16)20(23)24-11)12(2)14-4-6-15(7-5-14)13(3)22/h4-9,11-13,22H,10H2,1-3H3. The minimum Gasteiger partial charge on any atom is -0.459 e. The fraction of sp³-hybridized carbons (Fsp3) is 0.350. The van der Waals surface area contributed by atoms with Crippen LogP contribution in [-0.2, 0) is 11.2 Å². The largest absolute Gasteiger partial charge is 0.459 e. The van der Waals surface area contributed by atoms with Crippen molar-refractivity contribution >= 4 is 5.97 Å². The smallest absolute Gasteiger partial charge is 0.341 e. The molecular weight excluding hydrogens is 307 g/mol. The minimum absolute atomic E-state index is 0.0676. The number of aliphatic hydroxyl groups excluding tert-OH is 1. The second-order valence-corrected chi connectivity index (χ2v) is 6.49. The summed E-state index contributed by atoms with van der Waals surface area (Å²) in [4.78, 5) is 12.1. The van der Waals surface area contributed by atoms with Crippen molar-refractivity contribution in [2.24, 2.45) is 0 Å². The second kappa shape index (κ2) is 6.36. The molecule has 1 N–H and O–H groups in total. The van der Waals surface area contributed by atoms with E-state index >= 15 is 0 Å². The SMILES string of the molecule is CC1Cc2ccc(C(C)c3ccc(C(C)O)cc3)c(F)c2C(=O)O1. The number of ether oxygens (including phenoxy) is 1. The molecule has 1 heterocycles. The Labute approximate surface area is 141 Å². The van der Waals surface area contributed by atoms with Crippen molar-refractivity contribution in [2.45, 2.75) is 45.3 Å². The van der Waals surface area contributed by atoms with Gasteiger partial charge in [-0.15, -0.1) is 0 Å². The summed E-state index contributed by atoms with van der Waals surface area (Å²) in [7, 11) is 0. The summed E-state index contributed by atoms with van der Waals surface area (Å²) in [6, 6.07) is 11.0. The molecule has 3 unspecified atom stereocenters. The third kappa shape index (κ3) is 2.94. The lowest BCUT2D eigenvalue weighted by molar-refractivity contribution is 0.0294. The topological polar surface area (TPSA) is 46.5 Å². The molecule has 0 aromatic heterocycles. The Hall–Kier alpha value is -2.20. The average molecular weight is 328 g/mol. The van der Waals surface area contributed by atoms with E-state index in [2.05, 4.69) is 0 Å². The Balaban J connectivity index is 1.97. The number of rotatable bonds is 3. The Bertz CT molecular complexity index is 765. The number of cyclic esters (lactones) is 1. The maximum atomic E-state index is 14.9. The van der Waals surface area contributed by atoms with Gasteiger partial charge < -0.3 is 9.84 Å². The molecule has 1 aliphatic heterocycles. The van der Waals surface area contributed by atoms with Crippen molar-refractivity contribution in [1.82, 2.24) is 0 Å². The van der Waals surface area contributed by atoms with Gasteiger partial charge in [-0.05, 0) is 36.1 Å². The van der Waals surface area contributed by atoms with E-state index in [0.29, 0.717) is 17.5 Å². The molecule has 0 radical (unpaired) electrons. The number of carbonyl (C=O) groups excluding carboxylic acids is 1. The van der Waals surface area contributed by atoms with Crippen molar-refractivity contribution in [2.75, 3.05) is 0 Å². The normalized spacial score (nSPS) is 19.4. The first-order chi connectivity index (χ1) is 11.4. The molecule has 0 fully saturated rings. The van der Waals surface area contributed by atoms with Gasteiger partial charge in [0.05, 0.1) is 11.7 Å². The highest BCUT2D eigenvalue weighted by Gasteiger charge is 2.29. The highest BCUT2D eigenvalue weighted by molar-refractivity contribution is 5.92. The summed E-state index contributed by atoms with van der Waals surface area (Å²) in [5.41, 5.74) is 2.99. The summed E-state index contributed by atoms with van der Waals surface area (Å²) < 4.78 is 20.1. The van der Waals surface area contributed by atoms with Gasteiger partial charge in [0.15, 0.2) is 0 Å². The van der Waals surface area contributed by atoms with Gasteiger partial charge in [-0.2, -0.15) is 0 Å². The number of aliphatic hydroxyl groups is 1. The van der Waals surface area contributed by atoms with Gasteiger partial charge >= 0.3 is 5.97 Å². The summed E-state index contributed by atoms with van der Waals surface area (Å²) in [5, 5.41) is 9.59. The van der Waals surface area contributed by atoms with Gasteiger partial charge in [-0.25, -0.2) is 9.18 Å². The van der Waals surface area contributed by atoms with Gasteiger partial charge in [-0.1, -0.05) is 43.3 Å². The minimum atomic E-state index is -0.584. The molecule has 0 saturated carbocycles. The first-order valence-electron chi connectivity index (χ1n) is 8.18. The third-order valence-electron chi connectivity index (χ3n) is 4.66. The predicted octanol–water partition coefficient (Wildman–Crippen LogP) is 4.13. The summed E-state index contributed by atoms with van der Waals surface area (Å²) in [6.07, 6.45) is -0.220. The molecule has 3 atom stereocenters. The summed E-state index contributed by atoms with van der Waals surface area (Å²) in [6.45, 7) is 5.41. The maximum Gasteiger partial charge on any atom is 0.341 e. The molecule has 0 amide bonds. The van der Waals surface area contributed by atoms with E-state index in [0.717, 1.165) is 11.1 Å². The Kier molecular flexibility index (Phi) is 4.41. The lowest BCUT2D eigenvalue weighted by Crippen LogP contribution is -2.27. The van der Waals surface area contributed by atoms with Gasteiger partial charge in [0, 0.05) is 12.3 Å². The highest BCUT2D eigenvalue weighted by atomic mass is 19.1. The molecular formula is C20H21FO3. The predicted molar refractivity (Wildman–Crippen MR) is 89.6 cm³/mol. The van der Waals surface area contributed by atoms with E-state index < -0.39 is 17.9 Å². The summed E-state index contributed by atoms with van der Waals surface area (Å²) >= 11 is 0. The van der Waals surface area contributed by atoms with Gasteiger partial charge in [0.1, 0.15) is 11.9 Å². The van der Waals surface area contributed by atoms with Crippen LogP contribution >= 0.6 is 0 Å². The van der Waals surface area contributed by atoms with E-state index in [1.165, 1.54) is 0 Å². The molecule has 126 valence electrons. The van der Waals surface area contributed by atoms with Gasteiger partial charge in [0.2, 0.25) is 0 Å². The third-order valence-corrected chi connectivity index (χ3v) is 4.66. The van der Waals surface area contributed by atoms with Crippen molar-refractivity contribution in [1.29, 1.82) is 0 Å². The average Bonchev–Trinajstić information content (AvgIpc) is 2.54. The zero-order valence-corrected chi connectivity index (χ0v) is 14.0. The van der Waals surface area contributed by atoms with Crippen LogP contribution in [0.5, 0.6) is 0 Å². The molecule has 3 nitrogen and oxygen atoms in total. The van der Waals surface area contributed by atoms with Crippen molar-refractivity contribution in [3.8, 4) is 0 Å². The zero-order chi connectivity index (χ0) is 17.4. The molecule has 3 rings (SSSR count). The van der Waals surface area contributed by atoms with Crippen LogP contribution in [0.15, 0.2) is 36.4 Å². The first-order valence-corrected chi connectivity index (χ1v) is 8.18. The first kappa shape index (κ1) is 16.7. The molecule has 24 heavy (non-hydrogen) atoms. The van der Waals surface area contributed by atoms with Crippen LogP contribution in [0.25, 0.3) is 0 Å². The fourth-order valence-electron chi connectivity index (χ4n) is 3.19. The quantitative estimate of drug-likeness (QED) is 0.862. The molecule has 0 bridgehead atoms. The van der Waals surface area contributed by atoms with Gasteiger partial charge in [0.25, 0.3) is 0 Å². The number of carbonyl (C=O) groups is 1. The Morgan fingerprint density at radius 3 is 2.38 bits per heavy atom. The molecule has 2 aromatic rings. The van der Waals surface area contributed by atoms with Crippen molar-refractivity contribution in [3.05, 3.63) is 70.0 Å². The number of hydrogen-bond donors (Lipinski definition) is 1. The van der Waals surface area contributed by atoms with Crippen LogP contribution in [0.4, 0.5) is 4.39 Å². The molecule has 0 aliphatic carbocycles. The van der Waals surface area contributed by atoms with E-state index in [-0.39, 0.29) is 17.6 Å². The number of hydrogen-bond acceptors (Lipinski definition) is 3. The van der Waals surface area contributed by atoms with Crippen LogP contribution in [0.2, 0.25) is 0 Å². The van der Waals surface area contributed by atoms with Gasteiger partial charge in [-0.3, -0.25) is 0 Å². The Morgan fingerprint density at radius 1 is 1.12 bits per heavy atom. The fourth-order valence-corrected chi connectivity index (χ4v) is 3.19. The van der Waals surface area contributed by atoms with Crippen molar-refractivity contribution in [3.63, 3.8) is 0 Å². The molecule has 4 heteroatoms. The monoisotopic (exact) mass is 328 g/mol. The van der Waals surface area contributed by atoms with Crippen molar-refractivity contribution < 1.29 is 19.0 Å². The van der Waals surface area contributed by atoms with E-state index in [1.807, 2.05) is 37.3 Å². The van der Waals surface area contributed by atoms with Crippen LogP contribution in [-0.4, -0.2) is 17.2 Å². The zero-order valence-electron chi connectivity index (χ0n) is 14.0. The van der Waals surface area contributed by atoms with Crippen LogP contribution < -0.4 is 0 Å². The van der Waals surface area contributed by atoms with E-state index in [1.54, 1.807) is 19.9 Å². The summed E-state index contributed by atoms with van der Waals surface area (Å²) in [5.74, 6) is -1.28. The lowest BCUT2D eigenvalue weighted by Gasteiger charge is -2.24. The lowest BCUT2D eigenvalue weighted by atomic mass is 9.87. The number of fused-ring (bicyclic) bond motifs is 1. The number of esters is 1. The van der Waals surface area contributed by atoms with E-state index in [4.69, 9.17) is 4.74 Å². The van der Waals surface area contributed by atoms with Crippen LogP contribution in [0.3, 0.4) is 0 Å².